The Morgan fingerprint density at radius 1 is 1.24 bits per heavy atom. The third-order valence-corrected chi connectivity index (χ3v) is 5.53. The van der Waals surface area contributed by atoms with Gasteiger partial charge in [-0.3, -0.25) is 0 Å². The maximum absolute atomic E-state index is 12.7. The van der Waals surface area contributed by atoms with Crippen molar-refractivity contribution < 1.29 is 8.42 Å². The summed E-state index contributed by atoms with van der Waals surface area (Å²) in [7, 11) is -3.67. The van der Waals surface area contributed by atoms with Gasteiger partial charge in [0.25, 0.3) is 10.0 Å². The number of halogens is 1. The molecule has 0 unspecified atom stereocenters. The Kier molecular flexibility index (Phi) is 3.26. The van der Waals surface area contributed by atoms with E-state index in [9.17, 15) is 8.42 Å². The fourth-order valence-electron chi connectivity index (χ4n) is 2.10. The molecule has 0 aliphatic heterocycles. The van der Waals surface area contributed by atoms with Gasteiger partial charge in [0.2, 0.25) is 0 Å². The molecule has 0 saturated carbocycles. The van der Waals surface area contributed by atoms with E-state index in [1.807, 2.05) is 6.92 Å². The third kappa shape index (κ3) is 2.32. The van der Waals surface area contributed by atoms with E-state index < -0.39 is 10.0 Å². The zero-order valence-electron chi connectivity index (χ0n) is 11.1. The number of rotatable bonds is 2. The Morgan fingerprint density at radius 3 is 2.57 bits per heavy atom. The number of benzene rings is 1. The highest BCUT2D eigenvalue weighted by Crippen LogP contribution is 2.30. The number of pyridine rings is 1. The van der Waals surface area contributed by atoms with Gasteiger partial charge in [-0.15, -0.1) is 0 Å². The van der Waals surface area contributed by atoms with Gasteiger partial charge in [0.1, 0.15) is 5.82 Å². The Hall–Kier alpha value is -1.86. The minimum Gasteiger partial charge on any atom is -0.384 e. The zero-order chi connectivity index (χ0) is 15.2. The lowest BCUT2D eigenvalue weighted by molar-refractivity contribution is 0.589. The molecule has 2 aromatic heterocycles. The lowest BCUT2D eigenvalue weighted by Crippen LogP contribution is -2.11. The molecule has 3 rings (SSSR count). The summed E-state index contributed by atoms with van der Waals surface area (Å²) in [4.78, 5) is 4.21. The molecule has 21 heavy (non-hydrogen) atoms. The zero-order valence-corrected chi connectivity index (χ0v) is 13.5. The van der Waals surface area contributed by atoms with Crippen molar-refractivity contribution in [3.63, 3.8) is 0 Å². The van der Waals surface area contributed by atoms with Crippen LogP contribution >= 0.6 is 15.9 Å². The molecule has 0 aliphatic carbocycles. The van der Waals surface area contributed by atoms with E-state index in [4.69, 9.17) is 5.73 Å². The van der Waals surface area contributed by atoms with Gasteiger partial charge in [0, 0.05) is 16.1 Å². The van der Waals surface area contributed by atoms with E-state index in [0.717, 1.165) is 5.56 Å². The Morgan fingerprint density at radius 2 is 1.90 bits per heavy atom. The van der Waals surface area contributed by atoms with Gasteiger partial charge in [0.15, 0.2) is 0 Å². The highest BCUT2D eigenvalue weighted by molar-refractivity contribution is 9.10. The Bertz CT molecular complexity index is 931. The van der Waals surface area contributed by atoms with Gasteiger partial charge in [-0.2, -0.15) is 0 Å². The van der Waals surface area contributed by atoms with Gasteiger partial charge < -0.3 is 5.73 Å². The summed E-state index contributed by atoms with van der Waals surface area (Å²) in [6.45, 7) is 1.91. The van der Waals surface area contributed by atoms with Crippen molar-refractivity contribution in [2.24, 2.45) is 0 Å². The third-order valence-electron chi connectivity index (χ3n) is 3.21. The monoisotopic (exact) mass is 365 g/mol. The standard InChI is InChI=1S/C14H12BrN3O2S/c1-9-2-4-10(5-3-9)21(19,20)18-8-12(15)11-6-14(16)17-7-13(11)18/h2-8H,1H3,(H2,16,17). The van der Waals surface area contributed by atoms with E-state index in [2.05, 4.69) is 20.9 Å². The van der Waals surface area contributed by atoms with Crippen molar-refractivity contribution in [2.45, 2.75) is 11.8 Å². The molecule has 108 valence electrons. The average Bonchev–Trinajstić information content (AvgIpc) is 2.77. The molecule has 0 bridgehead atoms. The molecule has 1 aromatic carbocycles. The van der Waals surface area contributed by atoms with E-state index in [1.54, 1.807) is 30.3 Å². The van der Waals surface area contributed by atoms with Crippen molar-refractivity contribution in [2.75, 3.05) is 5.73 Å². The van der Waals surface area contributed by atoms with Crippen molar-refractivity contribution in [1.29, 1.82) is 0 Å². The van der Waals surface area contributed by atoms with Crippen molar-refractivity contribution in [3.05, 3.63) is 52.8 Å². The molecule has 0 spiro atoms. The van der Waals surface area contributed by atoms with E-state index in [1.165, 1.54) is 16.4 Å². The molecule has 0 radical (unpaired) electrons. The lowest BCUT2D eigenvalue weighted by Gasteiger charge is -2.07. The number of aromatic nitrogens is 2. The fourth-order valence-corrected chi connectivity index (χ4v) is 4.11. The second-order valence-corrected chi connectivity index (χ2v) is 7.39. The second-order valence-electron chi connectivity index (χ2n) is 4.72. The number of aryl methyl sites for hydroxylation is 1. The number of hydrogen-bond donors (Lipinski definition) is 1. The normalized spacial score (nSPS) is 11.9. The number of nitrogens with zero attached hydrogens (tertiary/aromatic N) is 2. The first kappa shape index (κ1) is 14.1. The first-order valence-electron chi connectivity index (χ1n) is 6.14. The molecule has 3 aromatic rings. The predicted molar refractivity (Wildman–Crippen MR) is 85.6 cm³/mol. The molecular formula is C14H12BrN3O2S. The molecule has 0 atom stereocenters. The summed E-state index contributed by atoms with van der Waals surface area (Å²) >= 11 is 3.36. The average molecular weight is 366 g/mol. The molecule has 0 fully saturated rings. The van der Waals surface area contributed by atoms with Gasteiger partial charge in [-0.25, -0.2) is 17.4 Å². The molecule has 2 N–H and O–H groups in total. The summed E-state index contributed by atoms with van der Waals surface area (Å²) in [6.07, 6.45) is 2.97. The number of nitrogens with two attached hydrogens (primary N) is 1. The highest BCUT2D eigenvalue weighted by atomic mass is 79.9. The summed E-state index contributed by atoms with van der Waals surface area (Å²) in [5.74, 6) is 0.341. The summed E-state index contributed by atoms with van der Waals surface area (Å²) < 4.78 is 27.3. The Labute approximate surface area is 130 Å². The second kappa shape index (κ2) is 4.85. The van der Waals surface area contributed by atoms with Crippen LogP contribution in [-0.2, 0) is 10.0 Å². The molecular weight excluding hydrogens is 354 g/mol. The smallest absolute Gasteiger partial charge is 0.268 e. The lowest BCUT2D eigenvalue weighted by atomic mass is 10.2. The van der Waals surface area contributed by atoms with Crippen LogP contribution in [0.3, 0.4) is 0 Å². The van der Waals surface area contributed by atoms with Gasteiger partial charge in [-0.05, 0) is 41.1 Å². The topological polar surface area (TPSA) is 78.0 Å². The maximum atomic E-state index is 12.7. The van der Waals surface area contributed by atoms with Crippen molar-refractivity contribution in [1.82, 2.24) is 8.96 Å². The highest BCUT2D eigenvalue weighted by Gasteiger charge is 2.20. The summed E-state index contributed by atoms with van der Waals surface area (Å²) in [5, 5.41) is 0.707. The molecule has 0 saturated heterocycles. The van der Waals surface area contributed by atoms with E-state index in [-0.39, 0.29) is 4.90 Å². The summed E-state index contributed by atoms with van der Waals surface area (Å²) in [6, 6.07) is 8.36. The van der Waals surface area contributed by atoms with Gasteiger partial charge in [-0.1, -0.05) is 17.7 Å². The maximum Gasteiger partial charge on any atom is 0.268 e. The first-order valence-corrected chi connectivity index (χ1v) is 8.37. The van der Waals surface area contributed by atoms with Crippen LogP contribution in [0.25, 0.3) is 10.9 Å². The molecule has 2 heterocycles. The quantitative estimate of drug-likeness (QED) is 0.757. The van der Waals surface area contributed by atoms with Crippen LogP contribution in [0, 0.1) is 6.92 Å². The van der Waals surface area contributed by atoms with E-state index in [0.29, 0.717) is 21.2 Å². The van der Waals surface area contributed by atoms with Crippen molar-refractivity contribution >= 4 is 42.7 Å². The van der Waals surface area contributed by atoms with Crippen LogP contribution in [0.15, 0.2) is 52.1 Å². The van der Waals surface area contributed by atoms with Crippen LogP contribution in [0.2, 0.25) is 0 Å². The van der Waals surface area contributed by atoms with Gasteiger partial charge >= 0.3 is 0 Å². The van der Waals surface area contributed by atoms with Crippen LogP contribution in [0.5, 0.6) is 0 Å². The van der Waals surface area contributed by atoms with E-state index >= 15 is 0 Å². The van der Waals surface area contributed by atoms with Crippen LogP contribution in [0.1, 0.15) is 5.56 Å². The number of anilines is 1. The van der Waals surface area contributed by atoms with Crippen LogP contribution in [-0.4, -0.2) is 17.4 Å². The molecule has 7 heteroatoms. The number of nitrogen functional groups attached to an aromatic ring is 1. The molecule has 5 nitrogen and oxygen atoms in total. The Balaban J connectivity index is 2.26. The minimum atomic E-state index is -3.67. The largest absolute Gasteiger partial charge is 0.384 e. The van der Waals surface area contributed by atoms with Gasteiger partial charge in [0.05, 0.1) is 16.6 Å². The SMILES string of the molecule is Cc1ccc(S(=O)(=O)n2cc(Br)c3cc(N)ncc32)cc1. The first-order chi connectivity index (χ1) is 9.89. The van der Waals surface area contributed by atoms with Crippen LogP contribution in [0.4, 0.5) is 5.82 Å². The number of fused-ring (bicyclic) bond motifs is 1. The molecule has 0 amide bonds. The van der Waals surface area contributed by atoms with Crippen LogP contribution < -0.4 is 5.73 Å². The predicted octanol–water partition coefficient (Wildman–Crippen LogP) is 2.93. The van der Waals surface area contributed by atoms with Crippen molar-refractivity contribution in [3.8, 4) is 0 Å². The fraction of sp³-hybridized carbons (Fsp3) is 0.0714. The summed E-state index contributed by atoms with van der Waals surface area (Å²) in [5.41, 5.74) is 7.13. The minimum absolute atomic E-state index is 0.231. The molecule has 0 aliphatic rings. The number of hydrogen-bond acceptors (Lipinski definition) is 4.